The summed E-state index contributed by atoms with van der Waals surface area (Å²) >= 11 is 1.45. The monoisotopic (exact) mass is 401 g/mol. The third-order valence-electron chi connectivity index (χ3n) is 6.76. The number of ether oxygens (including phenoxy) is 1. The molecular formula is C20H27N5O2S. The van der Waals surface area contributed by atoms with E-state index in [4.69, 9.17) is 9.72 Å². The predicted octanol–water partition coefficient (Wildman–Crippen LogP) is 2.15. The first-order valence-corrected chi connectivity index (χ1v) is 11.1. The average molecular weight is 402 g/mol. The maximum absolute atomic E-state index is 12.3. The molecule has 3 aliphatic rings. The van der Waals surface area contributed by atoms with Gasteiger partial charge in [0.05, 0.1) is 22.9 Å². The summed E-state index contributed by atoms with van der Waals surface area (Å²) in [6, 6.07) is 0. The summed E-state index contributed by atoms with van der Waals surface area (Å²) in [4.78, 5) is 27.0. The average Bonchev–Trinajstić information content (AvgIpc) is 3.47. The Balaban J connectivity index is 1.25. The van der Waals surface area contributed by atoms with Gasteiger partial charge in [-0.05, 0) is 19.8 Å². The zero-order chi connectivity index (χ0) is 19.3. The van der Waals surface area contributed by atoms with E-state index in [-0.39, 0.29) is 17.6 Å². The maximum Gasteiger partial charge on any atom is 0.270 e. The van der Waals surface area contributed by atoms with E-state index in [1.165, 1.54) is 17.0 Å². The molecule has 3 fully saturated rings. The van der Waals surface area contributed by atoms with Gasteiger partial charge in [0.15, 0.2) is 0 Å². The molecule has 5 heterocycles. The molecule has 8 heteroatoms. The minimum atomic E-state index is -0.0767. The minimum absolute atomic E-state index is 0.0293. The number of imidazole rings is 1. The highest BCUT2D eigenvalue weighted by atomic mass is 32.1. The lowest BCUT2D eigenvalue weighted by Gasteiger charge is -2.29. The predicted molar refractivity (Wildman–Crippen MR) is 106 cm³/mol. The quantitative estimate of drug-likeness (QED) is 0.775. The first-order valence-electron chi connectivity index (χ1n) is 10.2. The number of thiazole rings is 1. The number of hydrogen-bond donors (Lipinski definition) is 2. The van der Waals surface area contributed by atoms with Crippen LogP contribution < -0.4 is 5.32 Å². The van der Waals surface area contributed by atoms with Crippen LogP contribution in [0.3, 0.4) is 0 Å². The first-order chi connectivity index (χ1) is 13.6. The van der Waals surface area contributed by atoms with Gasteiger partial charge in [0.25, 0.3) is 5.91 Å². The van der Waals surface area contributed by atoms with E-state index in [2.05, 4.69) is 34.0 Å². The van der Waals surface area contributed by atoms with Gasteiger partial charge in [-0.3, -0.25) is 9.69 Å². The lowest BCUT2D eigenvalue weighted by atomic mass is 9.73. The summed E-state index contributed by atoms with van der Waals surface area (Å²) in [6.07, 6.45) is 3.44. The molecule has 2 N–H and O–H groups in total. The van der Waals surface area contributed by atoms with Gasteiger partial charge in [-0.1, -0.05) is 6.92 Å². The molecule has 5 rings (SSSR count). The Kier molecular flexibility index (Phi) is 4.52. The van der Waals surface area contributed by atoms with E-state index >= 15 is 0 Å². The fourth-order valence-electron chi connectivity index (χ4n) is 5.40. The second kappa shape index (κ2) is 6.93. The van der Waals surface area contributed by atoms with Crippen LogP contribution in [0, 0.1) is 18.8 Å². The fraction of sp³-hybridized carbons (Fsp3) is 0.650. The van der Waals surface area contributed by atoms with Crippen LogP contribution in [0.25, 0.3) is 0 Å². The van der Waals surface area contributed by atoms with Crippen LogP contribution in [0.2, 0.25) is 0 Å². The number of aromatic nitrogens is 3. The van der Waals surface area contributed by atoms with Crippen molar-refractivity contribution in [3.05, 3.63) is 33.8 Å². The zero-order valence-corrected chi connectivity index (χ0v) is 17.2. The smallest absolute Gasteiger partial charge is 0.270 e. The Hall–Kier alpha value is -1.77. The number of carbonyl (C=O) groups is 1. The van der Waals surface area contributed by atoms with Crippen LogP contribution in [0.1, 0.15) is 47.5 Å². The Bertz CT molecular complexity index is 866. The van der Waals surface area contributed by atoms with E-state index in [1.54, 1.807) is 10.9 Å². The number of rotatable bonds is 6. The van der Waals surface area contributed by atoms with Gasteiger partial charge in [-0.15, -0.1) is 11.3 Å². The van der Waals surface area contributed by atoms with E-state index in [0.29, 0.717) is 24.1 Å². The largest absolute Gasteiger partial charge is 0.370 e. The van der Waals surface area contributed by atoms with Crippen molar-refractivity contribution >= 4 is 17.2 Å². The van der Waals surface area contributed by atoms with Gasteiger partial charge in [0, 0.05) is 55.5 Å². The van der Waals surface area contributed by atoms with Crippen molar-refractivity contribution in [2.24, 2.45) is 11.8 Å². The van der Waals surface area contributed by atoms with Gasteiger partial charge >= 0.3 is 0 Å². The van der Waals surface area contributed by atoms with Crippen LogP contribution in [-0.2, 0) is 17.7 Å². The van der Waals surface area contributed by atoms with Crippen molar-refractivity contribution in [3.63, 3.8) is 0 Å². The van der Waals surface area contributed by atoms with Gasteiger partial charge in [0.2, 0.25) is 0 Å². The van der Waals surface area contributed by atoms with Crippen LogP contribution in [-0.4, -0.2) is 57.1 Å². The molecule has 1 spiro atoms. The van der Waals surface area contributed by atoms with Gasteiger partial charge in [-0.25, -0.2) is 9.97 Å². The topological polar surface area (TPSA) is 83.1 Å². The number of fused-ring (bicyclic) bond motifs is 1. The summed E-state index contributed by atoms with van der Waals surface area (Å²) in [5.41, 5.74) is 4.50. The van der Waals surface area contributed by atoms with Crippen molar-refractivity contribution in [1.82, 2.24) is 25.2 Å². The third-order valence-corrected chi connectivity index (χ3v) is 7.35. The Morgan fingerprint density at radius 1 is 1.54 bits per heavy atom. The highest BCUT2D eigenvalue weighted by Gasteiger charge is 2.62. The third kappa shape index (κ3) is 2.98. The summed E-state index contributed by atoms with van der Waals surface area (Å²) < 4.78 is 6.51. The van der Waals surface area contributed by atoms with E-state index < -0.39 is 0 Å². The van der Waals surface area contributed by atoms with Crippen LogP contribution in [0.15, 0.2) is 10.9 Å². The highest BCUT2D eigenvalue weighted by Crippen LogP contribution is 2.54. The number of H-pyrrole nitrogens is 1. The molecule has 0 unspecified atom stereocenters. The van der Waals surface area contributed by atoms with Crippen molar-refractivity contribution < 1.29 is 9.53 Å². The minimum Gasteiger partial charge on any atom is -0.370 e. The molecule has 2 aromatic heterocycles. The lowest BCUT2D eigenvalue weighted by molar-refractivity contribution is 0.00202. The van der Waals surface area contributed by atoms with Crippen LogP contribution >= 0.6 is 11.3 Å². The van der Waals surface area contributed by atoms with Crippen molar-refractivity contribution in [2.45, 2.75) is 51.4 Å². The highest BCUT2D eigenvalue weighted by molar-refractivity contribution is 7.07. The normalized spacial score (nSPS) is 31.4. The molecule has 150 valence electrons. The molecule has 2 bridgehead atoms. The Morgan fingerprint density at radius 2 is 2.43 bits per heavy atom. The number of nitrogens with one attached hydrogen (secondary N) is 2. The van der Waals surface area contributed by atoms with Crippen molar-refractivity contribution in [3.8, 4) is 0 Å². The van der Waals surface area contributed by atoms with E-state index in [1.807, 2.05) is 0 Å². The molecule has 3 saturated heterocycles. The van der Waals surface area contributed by atoms with Gasteiger partial charge in [0.1, 0.15) is 11.5 Å². The number of aromatic amines is 1. The SMILES string of the molecule is CCc1nc(CN2C[C@@H]3[C@H](CNC(=O)c4cscn4)[C@H]4CC[C@]3(C2)O4)c(C)[nH]1. The second-order valence-corrected chi connectivity index (χ2v) is 9.11. The standard InChI is InChI=1S/C20H27N5O2S/c1-3-18-23-12(2)15(24-18)8-25-7-14-13(17-4-5-20(14,10-25)27-17)6-21-19(26)16-9-28-11-22-16/h9,11,13-14,17H,3-8,10H2,1-2H3,(H,21,26)(H,23,24)/t13-,14+,17+,20+/m0/s1. The number of carbonyl (C=O) groups excluding carboxylic acids is 1. The maximum atomic E-state index is 12.3. The summed E-state index contributed by atoms with van der Waals surface area (Å²) in [5, 5.41) is 4.89. The summed E-state index contributed by atoms with van der Waals surface area (Å²) in [5.74, 6) is 1.84. The molecular weight excluding hydrogens is 374 g/mol. The summed E-state index contributed by atoms with van der Waals surface area (Å²) in [7, 11) is 0. The molecule has 28 heavy (non-hydrogen) atoms. The first kappa shape index (κ1) is 18.3. The van der Waals surface area contributed by atoms with E-state index in [9.17, 15) is 4.79 Å². The van der Waals surface area contributed by atoms with Gasteiger partial charge in [-0.2, -0.15) is 0 Å². The Morgan fingerprint density at radius 3 is 3.18 bits per heavy atom. The Labute approximate surface area is 168 Å². The molecule has 0 saturated carbocycles. The second-order valence-electron chi connectivity index (χ2n) is 8.39. The lowest BCUT2D eigenvalue weighted by Crippen LogP contribution is -2.42. The molecule has 2 aromatic rings. The van der Waals surface area contributed by atoms with Crippen LogP contribution in [0.4, 0.5) is 0 Å². The number of aryl methyl sites for hydroxylation is 2. The molecule has 0 aromatic carbocycles. The summed E-state index contributed by atoms with van der Waals surface area (Å²) in [6.45, 7) is 7.75. The van der Waals surface area contributed by atoms with Crippen molar-refractivity contribution in [1.29, 1.82) is 0 Å². The zero-order valence-electron chi connectivity index (χ0n) is 16.4. The molecule has 4 atom stereocenters. The van der Waals surface area contributed by atoms with Gasteiger partial charge < -0.3 is 15.0 Å². The molecule has 7 nitrogen and oxygen atoms in total. The molecule has 3 aliphatic heterocycles. The number of likely N-dealkylation sites (tertiary alicyclic amines) is 1. The van der Waals surface area contributed by atoms with Crippen molar-refractivity contribution in [2.75, 3.05) is 19.6 Å². The fourth-order valence-corrected chi connectivity index (χ4v) is 5.93. The number of hydrogen-bond acceptors (Lipinski definition) is 6. The molecule has 1 amide bonds. The van der Waals surface area contributed by atoms with E-state index in [0.717, 1.165) is 50.4 Å². The van der Waals surface area contributed by atoms with Crippen LogP contribution in [0.5, 0.6) is 0 Å². The number of nitrogens with zero attached hydrogens (tertiary/aromatic N) is 3. The molecule has 0 radical (unpaired) electrons. The molecule has 0 aliphatic carbocycles. The number of amides is 1.